The minimum absolute atomic E-state index is 0.479. The van der Waals surface area contributed by atoms with Gasteiger partial charge in [-0.05, 0) is 18.2 Å². The lowest BCUT2D eigenvalue weighted by molar-refractivity contribution is 1.10. The molecule has 0 saturated heterocycles. The van der Waals surface area contributed by atoms with E-state index in [2.05, 4.69) is 72.9 Å². The van der Waals surface area contributed by atoms with Gasteiger partial charge in [0.15, 0.2) is 0 Å². The van der Waals surface area contributed by atoms with Crippen LogP contribution in [0.25, 0.3) is 6.08 Å². The van der Waals surface area contributed by atoms with Crippen LogP contribution < -0.4 is 0 Å². The van der Waals surface area contributed by atoms with Crippen LogP contribution in [0.2, 0.25) is 0 Å². The molecule has 3 rings (SSSR count). The monoisotopic (exact) mass is 238 g/mol. The Morgan fingerprint density at radius 1 is 0.882 bits per heavy atom. The van der Waals surface area contributed by atoms with Gasteiger partial charge in [0.25, 0.3) is 0 Å². The Kier molecular flexibility index (Phi) is 2.93. The molecule has 1 heteroatoms. The lowest BCUT2D eigenvalue weighted by Crippen LogP contribution is -1.81. The van der Waals surface area contributed by atoms with Crippen LogP contribution in [0.1, 0.15) is 15.7 Å². The first-order chi connectivity index (χ1) is 8.42. The predicted molar refractivity (Wildman–Crippen MR) is 76.1 cm³/mol. The zero-order chi connectivity index (χ0) is 11.5. The maximum Gasteiger partial charge on any atom is 0.0299 e. The molecule has 1 heterocycles. The lowest BCUT2D eigenvalue weighted by Gasteiger charge is -1.99. The molecular formula is C16H14S. The molecule has 84 valence electrons. The summed E-state index contributed by atoms with van der Waals surface area (Å²) in [7, 11) is 0. The van der Waals surface area contributed by atoms with E-state index in [0.717, 1.165) is 0 Å². The first-order valence-electron chi connectivity index (χ1n) is 5.90. The summed E-state index contributed by atoms with van der Waals surface area (Å²) in [6.45, 7) is 0. The second-order valence-electron chi connectivity index (χ2n) is 4.24. The number of rotatable bonds is 3. The zero-order valence-electron chi connectivity index (χ0n) is 9.49. The van der Waals surface area contributed by atoms with E-state index in [0.29, 0.717) is 11.8 Å². The second-order valence-corrected chi connectivity index (χ2v) is 5.39. The fourth-order valence-electron chi connectivity index (χ4n) is 2.04. The zero-order valence-corrected chi connectivity index (χ0v) is 10.3. The van der Waals surface area contributed by atoms with Crippen LogP contribution >= 0.6 is 11.3 Å². The van der Waals surface area contributed by atoms with Crippen molar-refractivity contribution < 1.29 is 0 Å². The largest absolute Gasteiger partial charge is 0.140 e. The minimum atomic E-state index is 0.479. The summed E-state index contributed by atoms with van der Waals surface area (Å²) in [5, 5.41) is 0. The van der Waals surface area contributed by atoms with Crippen molar-refractivity contribution in [3.05, 3.63) is 76.6 Å². The molecule has 0 N–H and O–H groups in total. The highest BCUT2D eigenvalue weighted by Gasteiger charge is 2.09. The van der Waals surface area contributed by atoms with Crippen molar-refractivity contribution in [2.75, 3.05) is 0 Å². The Morgan fingerprint density at radius 3 is 2.35 bits per heavy atom. The Bertz CT molecular complexity index is 514. The van der Waals surface area contributed by atoms with E-state index < -0.39 is 0 Å². The third-order valence-electron chi connectivity index (χ3n) is 2.98. The first-order valence-corrected chi connectivity index (χ1v) is 6.71. The average molecular weight is 238 g/mol. The van der Waals surface area contributed by atoms with E-state index in [-0.39, 0.29) is 0 Å². The number of hydrogen-bond donors (Lipinski definition) is 0. The summed E-state index contributed by atoms with van der Waals surface area (Å²) >= 11 is 1.88. The molecule has 0 fully saturated rings. The van der Waals surface area contributed by atoms with Crippen LogP contribution in [0.5, 0.6) is 0 Å². The topological polar surface area (TPSA) is 0 Å². The van der Waals surface area contributed by atoms with Crippen molar-refractivity contribution in [1.29, 1.82) is 0 Å². The van der Waals surface area contributed by atoms with Crippen LogP contribution in [-0.4, -0.2) is 0 Å². The summed E-state index contributed by atoms with van der Waals surface area (Å²) < 4.78 is 0. The van der Waals surface area contributed by atoms with Crippen LogP contribution in [-0.2, 0) is 0 Å². The standard InChI is InChI=1S/C16H14S/c1-2-6-13(5-1)9-10-15-11-12-16(17-15)14-7-3-4-8-14/h1-14H/b10-9+. The third kappa shape index (κ3) is 2.40. The fraction of sp³-hybridized carbons (Fsp3) is 0.125. The smallest absolute Gasteiger partial charge is 0.0299 e. The van der Waals surface area contributed by atoms with Gasteiger partial charge in [-0.1, -0.05) is 54.7 Å². The second kappa shape index (κ2) is 4.72. The van der Waals surface area contributed by atoms with Crippen molar-refractivity contribution in [2.24, 2.45) is 5.92 Å². The lowest BCUT2D eigenvalue weighted by atomic mass is 10.1. The van der Waals surface area contributed by atoms with E-state index in [1.807, 2.05) is 11.3 Å². The normalized spacial score (nSPS) is 19.3. The quantitative estimate of drug-likeness (QED) is 0.715. The maximum atomic E-state index is 2.25. The Balaban J connectivity index is 1.72. The first kappa shape index (κ1) is 10.5. The number of thiophene rings is 1. The van der Waals surface area contributed by atoms with Gasteiger partial charge in [-0.3, -0.25) is 0 Å². The predicted octanol–water partition coefficient (Wildman–Crippen LogP) is 4.71. The maximum absolute atomic E-state index is 2.25. The molecule has 2 aliphatic rings. The molecule has 0 aromatic carbocycles. The Morgan fingerprint density at radius 2 is 1.59 bits per heavy atom. The molecule has 0 spiro atoms. The van der Waals surface area contributed by atoms with Gasteiger partial charge in [0.1, 0.15) is 0 Å². The highest BCUT2D eigenvalue weighted by atomic mass is 32.1. The minimum Gasteiger partial charge on any atom is -0.140 e. The molecule has 0 atom stereocenters. The average Bonchev–Trinajstić information content (AvgIpc) is 3.09. The van der Waals surface area contributed by atoms with Gasteiger partial charge in [-0.25, -0.2) is 0 Å². The SMILES string of the molecule is C1=CC(/C=C/c2ccc(C3C=CC=C3)s2)C=C1. The fourth-order valence-corrected chi connectivity index (χ4v) is 3.03. The number of hydrogen-bond acceptors (Lipinski definition) is 1. The van der Waals surface area contributed by atoms with Gasteiger partial charge in [-0.2, -0.15) is 0 Å². The van der Waals surface area contributed by atoms with Crippen molar-refractivity contribution >= 4 is 17.4 Å². The molecular weight excluding hydrogens is 224 g/mol. The Labute approximate surface area is 106 Å². The molecule has 0 amide bonds. The van der Waals surface area contributed by atoms with E-state index in [4.69, 9.17) is 0 Å². The van der Waals surface area contributed by atoms with E-state index >= 15 is 0 Å². The van der Waals surface area contributed by atoms with E-state index in [1.54, 1.807) is 0 Å². The molecule has 0 unspecified atom stereocenters. The van der Waals surface area contributed by atoms with Gasteiger partial charge in [0.05, 0.1) is 0 Å². The van der Waals surface area contributed by atoms with Crippen LogP contribution in [0, 0.1) is 5.92 Å². The molecule has 1 aromatic heterocycles. The molecule has 0 nitrogen and oxygen atoms in total. The highest BCUT2D eigenvalue weighted by molar-refractivity contribution is 7.13. The number of allylic oxidation sites excluding steroid dienone is 9. The molecule has 0 saturated carbocycles. The van der Waals surface area contributed by atoms with Gasteiger partial charge in [0, 0.05) is 21.6 Å². The molecule has 2 aliphatic carbocycles. The molecule has 1 aromatic rings. The van der Waals surface area contributed by atoms with Crippen LogP contribution in [0.4, 0.5) is 0 Å². The van der Waals surface area contributed by atoms with Gasteiger partial charge >= 0.3 is 0 Å². The summed E-state index contributed by atoms with van der Waals surface area (Å²) in [4.78, 5) is 2.76. The Hall–Kier alpha value is -1.60. The van der Waals surface area contributed by atoms with Crippen LogP contribution in [0.15, 0.2) is 66.8 Å². The third-order valence-corrected chi connectivity index (χ3v) is 4.14. The summed E-state index contributed by atoms with van der Waals surface area (Å²) in [5.41, 5.74) is 0. The highest BCUT2D eigenvalue weighted by Crippen LogP contribution is 2.30. The van der Waals surface area contributed by atoms with Gasteiger partial charge in [0.2, 0.25) is 0 Å². The summed E-state index contributed by atoms with van der Waals surface area (Å²) in [6.07, 6.45) is 21.8. The van der Waals surface area contributed by atoms with Gasteiger partial charge < -0.3 is 0 Å². The van der Waals surface area contributed by atoms with Crippen molar-refractivity contribution in [3.8, 4) is 0 Å². The van der Waals surface area contributed by atoms with E-state index in [9.17, 15) is 0 Å². The van der Waals surface area contributed by atoms with Crippen molar-refractivity contribution in [3.63, 3.8) is 0 Å². The van der Waals surface area contributed by atoms with Crippen LogP contribution in [0.3, 0.4) is 0 Å². The summed E-state index contributed by atoms with van der Waals surface area (Å²) in [6, 6.07) is 4.44. The molecule has 0 bridgehead atoms. The molecule has 17 heavy (non-hydrogen) atoms. The van der Waals surface area contributed by atoms with Gasteiger partial charge in [-0.15, -0.1) is 11.3 Å². The molecule has 0 radical (unpaired) electrons. The van der Waals surface area contributed by atoms with Crippen molar-refractivity contribution in [1.82, 2.24) is 0 Å². The summed E-state index contributed by atoms with van der Waals surface area (Å²) in [5.74, 6) is 0.972. The van der Waals surface area contributed by atoms with E-state index in [1.165, 1.54) is 9.75 Å². The van der Waals surface area contributed by atoms with Crippen molar-refractivity contribution in [2.45, 2.75) is 5.92 Å². The molecule has 0 aliphatic heterocycles.